The lowest BCUT2D eigenvalue weighted by Gasteiger charge is -2.18. The minimum absolute atomic E-state index is 0.780. The Bertz CT molecular complexity index is 137. The average Bonchev–Trinajstić information content (AvgIpc) is 2.21. The van der Waals surface area contributed by atoms with Gasteiger partial charge in [-0.3, -0.25) is 0 Å². The zero-order chi connectivity index (χ0) is 12.2. The summed E-state index contributed by atoms with van der Waals surface area (Å²) in [5.41, 5.74) is 0. The normalized spacial score (nSPS) is 11.6. The molecule has 0 N–H and O–H groups in total. The summed E-state index contributed by atoms with van der Waals surface area (Å²) in [6, 6.07) is 0. The van der Waals surface area contributed by atoms with Crippen molar-refractivity contribution in [3.05, 3.63) is 0 Å². The third-order valence-corrected chi connectivity index (χ3v) is 2.65. The quantitative estimate of drug-likeness (QED) is 0.502. The summed E-state index contributed by atoms with van der Waals surface area (Å²) in [6.45, 7) is 11.1. The Balaban J connectivity index is 3.08. The topological polar surface area (TPSA) is 12.5 Å². The van der Waals surface area contributed by atoms with Gasteiger partial charge in [-0.1, -0.05) is 27.2 Å². The van der Waals surface area contributed by atoms with E-state index in [9.17, 15) is 0 Å². The van der Waals surface area contributed by atoms with Crippen molar-refractivity contribution < 1.29 is 4.74 Å². The smallest absolute Gasteiger partial charge is 0.0466 e. The molecule has 2 heteroatoms. The fraction of sp³-hybridized carbons (Fsp3) is 1.00. The van der Waals surface area contributed by atoms with E-state index in [0.29, 0.717) is 0 Å². The molecule has 0 aliphatic rings. The fourth-order valence-corrected chi connectivity index (χ4v) is 1.83. The average molecular weight is 229 g/mol. The molecule has 2 nitrogen and oxygen atoms in total. The number of hydrogen-bond donors (Lipinski definition) is 0. The predicted molar refractivity (Wildman–Crippen MR) is 71.9 cm³/mol. The van der Waals surface area contributed by atoms with Crippen molar-refractivity contribution in [3.8, 4) is 0 Å². The molecule has 0 fully saturated rings. The summed E-state index contributed by atoms with van der Waals surface area (Å²) in [6.07, 6.45) is 6.27. The first kappa shape index (κ1) is 15.9. The molecule has 0 heterocycles. The van der Waals surface area contributed by atoms with Crippen LogP contribution in [0.4, 0.5) is 0 Å². The third-order valence-electron chi connectivity index (χ3n) is 2.65. The Morgan fingerprint density at radius 2 is 1.69 bits per heavy atom. The first-order valence-corrected chi connectivity index (χ1v) is 6.93. The lowest BCUT2D eigenvalue weighted by molar-refractivity contribution is 0.126. The monoisotopic (exact) mass is 229 g/mol. The van der Waals surface area contributed by atoms with Crippen molar-refractivity contribution in [2.45, 2.75) is 52.9 Å². The number of hydrogen-bond acceptors (Lipinski definition) is 2. The van der Waals surface area contributed by atoms with Gasteiger partial charge in [0.2, 0.25) is 0 Å². The van der Waals surface area contributed by atoms with E-state index in [1.807, 2.05) is 0 Å². The van der Waals surface area contributed by atoms with E-state index in [4.69, 9.17) is 4.74 Å². The molecule has 0 aromatic rings. The van der Waals surface area contributed by atoms with Crippen molar-refractivity contribution >= 4 is 0 Å². The van der Waals surface area contributed by atoms with Gasteiger partial charge in [-0.2, -0.15) is 0 Å². The highest BCUT2D eigenvalue weighted by atomic mass is 16.5. The molecule has 0 aromatic carbocycles. The van der Waals surface area contributed by atoms with Crippen LogP contribution >= 0.6 is 0 Å². The van der Waals surface area contributed by atoms with E-state index in [-0.39, 0.29) is 0 Å². The largest absolute Gasteiger partial charge is 0.381 e. The van der Waals surface area contributed by atoms with Gasteiger partial charge in [0, 0.05) is 19.8 Å². The van der Waals surface area contributed by atoms with Crippen molar-refractivity contribution in [3.63, 3.8) is 0 Å². The molecule has 0 bridgehead atoms. The highest BCUT2D eigenvalue weighted by molar-refractivity contribution is 4.55. The lowest BCUT2D eigenvalue weighted by atomic mass is 10.2. The highest BCUT2D eigenvalue weighted by Gasteiger charge is 2.00. The van der Waals surface area contributed by atoms with Crippen LogP contribution in [0.2, 0.25) is 0 Å². The van der Waals surface area contributed by atoms with Crippen LogP contribution in [-0.4, -0.2) is 38.3 Å². The van der Waals surface area contributed by atoms with Gasteiger partial charge >= 0.3 is 0 Å². The molecule has 0 aromatic heterocycles. The molecular formula is C14H31NO. The van der Waals surface area contributed by atoms with Gasteiger partial charge in [0.1, 0.15) is 0 Å². The number of ether oxygens (including phenoxy) is 1. The zero-order valence-electron chi connectivity index (χ0n) is 11.8. The molecule has 0 spiro atoms. The first-order chi connectivity index (χ1) is 7.66. The van der Waals surface area contributed by atoms with Crippen molar-refractivity contribution in [1.29, 1.82) is 0 Å². The van der Waals surface area contributed by atoms with Crippen LogP contribution in [0.3, 0.4) is 0 Å². The molecule has 0 amide bonds. The van der Waals surface area contributed by atoms with Gasteiger partial charge in [0.15, 0.2) is 0 Å². The predicted octanol–water partition coefficient (Wildman–Crippen LogP) is 3.56. The second-order valence-electron chi connectivity index (χ2n) is 5.18. The Morgan fingerprint density at radius 1 is 1.00 bits per heavy atom. The number of nitrogens with zero attached hydrogens (tertiary/aromatic N) is 1. The molecule has 0 aliphatic carbocycles. The van der Waals surface area contributed by atoms with Gasteiger partial charge in [-0.15, -0.1) is 0 Å². The van der Waals surface area contributed by atoms with Crippen LogP contribution in [0.1, 0.15) is 52.9 Å². The standard InChI is InChI=1S/C14H31NO/c1-5-6-11-16-12-9-7-8-10-15(4)13-14(2)3/h14H,5-13H2,1-4H3. The summed E-state index contributed by atoms with van der Waals surface area (Å²) in [7, 11) is 2.22. The maximum absolute atomic E-state index is 5.53. The molecule has 0 aliphatic heterocycles. The van der Waals surface area contributed by atoms with Crippen molar-refractivity contribution in [1.82, 2.24) is 4.90 Å². The van der Waals surface area contributed by atoms with E-state index in [2.05, 4.69) is 32.7 Å². The van der Waals surface area contributed by atoms with Gasteiger partial charge in [0.05, 0.1) is 0 Å². The van der Waals surface area contributed by atoms with Gasteiger partial charge < -0.3 is 9.64 Å². The fourth-order valence-electron chi connectivity index (χ4n) is 1.83. The minimum atomic E-state index is 0.780. The summed E-state index contributed by atoms with van der Waals surface area (Å²) < 4.78 is 5.53. The Kier molecular flexibility index (Phi) is 11.3. The van der Waals surface area contributed by atoms with Crippen LogP contribution < -0.4 is 0 Å². The third kappa shape index (κ3) is 12.0. The maximum atomic E-state index is 5.53. The van der Waals surface area contributed by atoms with E-state index < -0.39 is 0 Å². The second kappa shape index (κ2) is 11.4. The van der Waals surface area contributed by atoms with Crippen LogP contribution in [-0.2, 0) is 4.74 Å². The lowest BCUT2D eigenvalue weighted by Crippen LogP contribution is -2.24. The summed E-state index contributed by atoms with van der Waals surface area (Å²) in [4.78, 5) is 2.43. The van der Waals surface area contributed by atoms with Gasteiger partial charge in [-0.05, 0) is 45.2 Å². The summed E-state index contributed by atoms with van der Waals surface area (Å²) in [5, 5.41) is 0. The highest BCUT2D eigenvalue weighted by Crippen LogP contribution is 2.01. The van der Waals surface area contributed by atoms with Gasteiger partial charge in [-0.25, -0.2) is 0 Å². The van der Waals surface area contributed by atoms with E-state index in [1.165, 1.54) is 45.2 Å². The van der Waals surface area contributed by atoms with Crippen LogP contribution in [0.5, 0.6) is 0 Å². The minimum Gasteiger partial charge on any atom is -0.381 e. The Hall–Kier alpha value is -0.0800. The number of unbranched alkanes of at least 4 members (excludes halogenated alkanes) is 3. The van der Waals surface area contributed by atoms with Crippen molar-refractivity contribution in [2.75, 3.05) is 33.4 Å². The molecule has 0 unspecified atom stereocenters. The Labute approximate surface area is 102 Å². The summed E-state index contributed by atoms with van der Waals surface area (Å²) >= 11 is 0. The summed E-state index contributed by atoms with van der Waals surface area (Å²) in [5.74, 6) is 0.780. The van der Waals surface area contributed by atoms with Crippen LogP contribution in [0.25, 0.3) is 0 Å². The van der Waals surface area contributed by atoms with E-state index >= 15 is 0 Å². The zero-order valence-corrected chi connectivity index (χ0v) is 11.8. The Morgan fingerprint density at radius 3 is 2.31 bits per heavy atom. The molecule has 98 valence electrons. The first-order valence-electron chi connectivity index (χ1n) is 6.93. The molecule has 0 saturated heterocycles. The molecule has 0 rings (SSSR count). The van der Waals surface area contributed by atoms with Crippen LogP contribution in [0.15, 0.2) is 0 Å². The molecule has 0 atom stereocenters. The van der Waals surface area contributed by atoms with E-state index in [1.54, 1.807) is 0 Å². The SMILES string of the molecule is CCCCOCCCCCN(C)CC(C)C. The van der Waals surface area contributed by atoms with Crippen molar-refractivity contribution in [2.24, 2.45) is 5.92 Å². The maximum Gasteiger partial charge on any atom is 0.0466 e. The molecule has 0 radical (unpaired) electrons. The molecular weight excluding hydrogens is 198 g/mol. The molecule has 16 heavy (non-hydrogen) atoms. The van der Waals surface area contributed by atoms with Gasteiger partial charge in [0.25, 0.3) is 0 Å². The van der Waals surface area contributed by atoms with E-state index in [0.717, 1.165) is 19.1 Å². The number of rotatable bonds is 11. The van der Waals surface area contributed by atoms with Crippen LogP contribution in [0, 0.1) is 5.92 Å². The second-order valence-corrected chi connectivity index (χ2v) is 5.18. The molecule has 0 saturated carbocycles.